The van der Waals surface area contributed by atoms with Gasteiger partial charge < -0.3 is 4.57 Å². The molecule has 240 valence electrons. The van der Waals surface area contributed by atoms with E-state index in [1.54, 1.807) is 0 Å². The van der Waals surface area contributed by atoms with E-state index in [9.17, 15) is 0 Å². The van der Waals surface area contributed by atoms with Crippen molar-refractivity contribution in [2.45, 2.75) is 19.6 Å². The van der Waals surface area contributed by atoms with Gasteiger partial charge in [-0.3, -0.25) is 0 Å². The van der Waals surface area contributed by atoms with Gasteiger partial charge in [0.15, 0.2) is 0 Å². The van der Waals surface area contributed by atoms with Crippen molar-refractivity contribution in [1.29, 1.82) is 0 Å². The zero-order valence-electron chi connectivity index (χ0n) is 27.7. The molecule has 0 saturated heterocycles. The molecule has 1 aromatic heterocycles. The number of hydrogen-bond donors (Lipinski definition) is 0. The number of nitrogens with zero attached hydrogens (tertiary/aromatic N) is 1. The second-order valence-electron chi connectivity index (χ2n) is 12.9. The van der Waals surface area contributed by atoms with Gasteiger partial charge in [-0.25, -0.2) is 0 Å². The van der Waals surface area contributed by atoms with E-state index >= 15 is 0 Å². The minimum atomic E-state index is 1.17. The van der Waals surface area contributed by atoms with Crippen LogP contribution in [0.25, 0.3) is 72.0 Å². The topological polar surface area (TPSA) is 4.93 Å². The summed E-state index contributed by atoms with van der Waals surface area (Å²) in [6, 6.07) is 68.8. The molecule has 51 heavy (non-hydrogen) atoms. The molecule has 0 N–H and O–H groups in total. The zero-order valence-corrected chi connectivity index (χ0v) is 29.3. The highest BCUT2D eigenvalue weighted by molar-refractivity contribution is 8.00. The summed E-state index contributed by atoms with van der Waals surface area (Å²) < 4.78 is 2.40. The third-order valence-electron chi connectivity index (χ3n) is 9.89. The molecule has 0 atom stereocenters. The fraction of sp³-hybridized carbons (Fsp3) is 0. The highest BCUT2D eigenvalue weighted by Gasteiger charge is 2.22. The van der Waals surface area contributed by atoms with Crippen molar-refractivity contribution in [3.63, 3.8) is 0 Å². The average molecular weight is 686 g/mol. The molecule has 8 aromatic carbocycles. The highest BCUT2D eigenvalue weighted by atomic mass is 32.2. The van der Waals surface area contributed by atoms with Crippen LogP contribution in [0.3, 0.4) is 0 Å². The summed E-state index contributed by atoms with van der Waals surface area (Å²) in [7, 11) is 0. The molecular formula is C48H31NS2. The third-order valence-corrected chi connectivity index (χ3v) is 12.2. The Labute approximate surface area is 306 Å². The summed E-state index contributed by atoms with van der Waals surface area (Å²) in [5.41, 5.74) is 13.5. The quantitative estimate of drug-likeness (QED) is 0.182. The number of hydrogen-bond acceptors (Lipinski definition) is 2. The van der Waals surface area contributed by atoms with Crippen molar-refractivity contribution in [2.24, 2.45) is 0 Å². The lowest BCUT2D eigenvalue weighted by Crippen LogP contribution is -1.95. The van der Waals surface area contributed by atoms with E-state index in [0.29, 0.717) is 0 Å². The summed E-state index contributed by atoms with van der Waals surface area (Å²) in [4.78, 5) is 5.04. The van der Waals surface area contributed by atoms with Crippen LogP contribution in [0.5, 0.6) is 0 Å². The second kappa shape index (κ2) is 12.5. The van der Waals surface area contributed by atoms with Gasteiger partial charge in [0.05, 0.1) is 11.0 Å². The Morgan fingerprint density at radius 1 is 0.314 bits per heavy atom. The molecule has 0 radical (unpaired) electrons. The Morgan fingerprint density at radius 3 is 1.69 bits per heavy atom. The first-order valence-corrected chi connectivity index (χ1v) is 18.9. The Kier molecular flexibility index (Phi) is 7.41. The SMILES string of the molecule is c1ccc(-c2cccc3c2Sc2ccccc2-c2ccccc2Sc2cc(-c4ccc5c6ccccc6n(-c6ccccc6)c5c4)ccc2-3)cc1. The molecule has 2 heterocycles. The minimum Gasteiger partial charge on any atom is -0.309 e. The van der Waals surface area contributed by atoms with Crippen molar-refractivity contribution >= 4 is 45.3 Å². The molecule has 10 rings (SSSR count). The molecule has 0 bridgehead atoms. The standard InChI is InChI=1S/C48H31NS2/c1-3-14-32(15-4-1)36-21-13-22-42-41-29-27-34(31-47(41)50-45-24-11-8-19-39(45)40-20-9-12-25-46(40)51-48(36)42)33-26-28-38-37-18-7-10-23-43(37)49(44(38)30-33)35-16-5-2-6-17-35/h1-31H. The van der Waals surface area contributed by atoms with Crippen LogP contribution >= 0.6 is 23.5 Å². The largest absolute Gasteiger partial charge is 0.309 e. The number of rotatable bonds is 3. The van der Waals surface area contributed by atoms with E-state index in [2.05, 4.69) is 193 Å². The first-order chi connectivity index (χ1) is 25.3. The second-order valence-corrected chi connectivity index (χ2v) is 15.0. The van der Waals surface area contributed by atoms with Crippen molar-refractivity contribution in [3.05, 3.63) is 188 Å². The Bertz CT molecular complexity index is 2740. The lowest BCUT2D eigenvalue weighted by atomic mass is 9.96. The van der Waals surface area contributed by atoms with Crippen molar-refractivity contribution < 1.29 is 0 Å². The van der Waals surface area contributed by atoms with Crippen LogP contribution in [0.15, 0.2) is 208 Å². The molecule has 1 aliphatic heterocycles. The van der Waals surface area contributed by atoms with Crippen LogP contribution in [0, 0.1) is 0 Å². The molecule has 0 aliphatic carbocycles. The van der Waals surface area contributed by atoms with E-state index in [0.717, 1.165) is 0 Å². The summed E-state index contributed by atoms with van der Waals surface area (Å²) in [6.45, 7) is 0. The number of benzene rings is 8. The van der Waals surface area contributed by atoms with Crippen LogP contribution in [0.1, 0.15) is 0 Å². The maximum absolute atomic E-state index is 2.41. The maximum atomic E-state index is 2.41. The molecule has 0 saturated carbocycles. The van der Waals surface area contributed by atoms with Crippen molar-refractivity contribution in [2.75, 3.05) is 0 Å². The molecule has 0 unspecified atom stereocenters. The normalized spacial score (nSPS) is 12.2. The lowest BCUT2D eigenvalue weighted by molar-refractivity contribution is 1.18. The van der Waals surface area contributed by atoms with Crippen molar-refractivity contribution in [3.8, 4) is 50.2 Å². The Morgan fingerprint density at radius 2 is 0.882 bits per heavy atom. The zero-order chi connectivity index (χ0) is 33.7. The van der Waals surface area contributed by atoms with E-state index in [-0.39, 0.29) is 0 Å². The van der Waals surface area contributed by atoms with Gasteiger partial charge in [-0.15, -0.1) is 0 Å². The van der Waals surface area contributed by atoms with Crippen LogP contribution < -0.4 is 0 Å². The molecule has 1 nitrogen and oxygen atoms in total. The van der Waals surface area contributed by atoms with Crippen molar-refractivity contribution in [1.82, 2.24) is 4.57 Å². The first-order valence-electron chi connectivity index (χ1n) is 17.3. The molecule has 3 heteroatoms. The molecule has 9 aromatic rings. The summed E-state index contributed by atoms with van der Waals surface area (Å²) in [5, 5.41) is 2.53. The predicted octanol–water partition coefficient (Wildman–Crippen LogP) is 14.1. The number of aromatic nitrogens is 1. The molecule has 0 fully saturated rings. The summed E-state index contributed by atoms with van der Waals surface area (Å²) in [5.74, 6) is 0. The smallest absolute Gasteiger partial charge is 0.0547 e. The van der Waals surface area contributed by atoms with Gasteiger partial charge in [0.1, 0.15) is 0 Å². The van der Waals surface area contributed by atoms with Crippen LogP contribution in [0.2, 0.25) is 0 Å². The monoisotopic (exact) mass is 685 g/mol. The number of fused-ring (bicyclic) bond motifs is 9. The molecule has 0 amide bonds. The number of para-hydroxylation sites is 2. The van der Waals surface area contributed by atoms with E-state index < -0.39 is 0 Å². The maximum Gasteiger partial charge on any atom is 0.0547 e. The first kappa shape index (κ1) is 30.1. The Hall–Kier alpha value is -5.74. The van der Waals surface area contributed by atoms with Gasteiger partial charge in [0.25, 0.3) is 0 Å². The fourth-order valence-electron chi connectivity index (χ4n) is 7.50. The predicted molar refractivity (Wildman–Crippen MR) is 217 cm³/mol. The van der Waals surface area contributed by atoms with Crippen LogP contribution in [-0.2, 0) is 0 Å². The third kappa shape index (κ3) is 5.20. The molecular weight excluding hydrogens is 655 g/mol. The van der Waals surface area contributed by atoms with Gasteiger partial charge in [0.2, 0.25) is 0 Å². The van der Waals surface area contributed by atoms with Gasteiger partial charge in [-0.2, -0.15) is 0 Å². The van der Waals surface area contributed by atoms with E-state index in [4.69, 9.17) is 0 Å². The molecule has 1 aliphatic rings. The fourth-order valence-corrected chi connectivity index (χ4v) is 9.89. The van der Waals surface area contributed by atoms with Gasteiger partial charge >= 0.3 is 0 Å². The highest BCUT2D eigenvalue weighted by Crippen LogP contribution is 2.51. The van der Waals surface area contributed by atoms with E-state index in [1.165, 1.54) is 91.6 Å². The lowest BCUT2D eigenvalue weighted by Gasteiger charge is -2.22. The average Bonchev–Trinajstić information content (AvgIpc) is 3.53. The minimum absolute atomic E-state index is 1.17. The summed E-state index contributed by atoms with van der Waals surface area (Å²) in [6.07, 6.45) is 0. The molecule has 0 spiro atoms. The van der Waals surface area contributed by atoms with Gasteiger partial charge in [-0.1, -0.05) is 169 Å². The summed E-state index contributed by atoms with van der Waals surface area (Å²) >= 11 is 3.75. The van der Waals surface area contributed by atoms with Gasteiger partial charge in [-0.05, 0) is 87.0 Å². The van der Waals surface area contributed by atoms with E-state index in [1.807, 2.05) is 23.5 Å². The van der Waals surface area contributed by atoms with Gasteiger partial charge in [0, 0.05) is 36.0 Å². The van der Waals surface area contributed by atoms with Crippen LogP contribution in [-0.4, -0.2) is 4.57 Å². The van der Waals surface area contributed by atoms with Crippen LogP contribution in [0.4, 0.5) is 0 Å². The Balaban J connectivity index is 1.21.